The van der Waals surface area contributed by atoms with Crippen molar-refractivity contribution in [3.05, 3.63) is 36.5 Å². The first-order valence-electron chi connectivity index (χ1n) is 5.69. The van der Waals surface area contributed by atoms with Crippen molar-refractivity contribution in [3.63, 3.8) is 0 Å². The maximum atomic E-state index is 9.05. The molecule has 0 radical (unpaired) electrons. The van der Waals surface area contributed by atoms with E-state index >= 15 is 0 Å². The minimum atomic E-state index is -0.0322. The van der Waals surface area contributed by atoms with E-state index in [1.54, 1.807) is 6.08 Å². The average Bonchev–Trinajstić information content (AvgIpc) is 2.34. The van der Waals surface area contributed by atoms with E-state index in [2.05, 4.69) is 23.6 Å². The second-order valence-corrected chi connectivity index (χ2v) is 3.87. The lowest BCUT2D eigenvalue weighted by molar-refractivity contribution is -0.0499. The number of hydrogen-bond acceptors (Lipinski definition) is 3. The Morgan fingerprint density at radius 3 is 3.06 bits per heavy atom. The van der Waals surface area contributed by atoms with E-state index in [-0.39, 0.29) is 12.7 Å². The van der Waals surface area contributed by atoms with Gasteiger partial charge in [-0.3, -0.25) is 4.90 Å². The van der Waals surface area contributed by atoms with Crippen LogP contribution in [0.5, 0.6) is 0 Å². The van der Waals surface area contributed by atoms with Crippen molar-refractivity contribution in [1.29, 1.82) is 0 Å². The van der Waals surface area contributed by atoms with Gasteiger partial charge in [-0.2, -0.15) is 0 Å². The fourth-order valence-corrected chi connectivity index (χ4v) is 1.72. The molecule has 0 bridgehead atoms. The van der Waals surface area contributed by atoms with Crippen LogP contribution in [0.25, 0.3) is 0 Å². The number of aliphatic hydroxyl groups excluding tert-OH is 1. The third kappa shape index (κ3) is 4.31. The molecule has 0 aliphatic carbocycles. The fraction of sp³-hybridized carbons (Fsp3) is 0.538. The van der Waals surface area contributed by atoms with Crippen molar-refractivity contribution in [2.75, 3.05) is 32.8 Å². The Labute approximate surface area is 97.7 Å². The first-order valence-corrected chi connectivity index (χ1v) is 5.69. The van der Waals surface area contributed by atoms with Gasteiger partial charge < -0.3 is 9.84 Å². The van der Waals surface area contributed by atoms with Crippen molar-refractivity contribution in [2.45, 2.75) is 13.0 Å². The van der Waals surface area contributed by atoms with Crippen molar-refractivity contribution in [2.24, 2.45) is 0 Å². The summed E-state index contributed by atoms with van der Waals surface area (Å²) in [5, 5.41) is 9.05. The first kappa shape index (κ1) is 13.2. The van der Waals surface area contributed by atoms with Gasteiger partial charge in [-0.05, 0) is 12.5 Å². The predicted octanol–water partition coefficient (Wildman–Crippen LogP) is 1.37. The molecule has 0 saturated carbocycles. The normalized spacial score (nSPS) is 23.9. The molecule has 1 rings (SSSR count). The van der Waals surface area contributed by atoms with Gasteiger partial charge in [0.05, 0.1) is 19.3 Å². The van der Waals surface area contributed by atoms with E-state index < -0.39 is 0 Å². The smallest absolute Gasteiger partial charge is 0.0933 e. The molecular weight excluding hydrogens is 202 g/mol. The molecule has 0 spiro atoms. The zero-order chi connectivity index (χ0) is 11.8. The molecule has 1 N–H and O–H groups in total. The Bertz CT molecular complexity index is 271. The van der Waals surface area contributed by atoms with Crippen LogP contribution in [0, 0.1) is 0 Å². The topological polar surface area (TPSA) is 32.7 Å². The summed E-state index contributed by atoms with van der Waals surface area (Å²) in [6.07, 6.45) is 7.86. The number of ether oxygens (including phenoxy) is 1. The second-order valence-electron chi connectivity index (χ2n) is 3.87. The Balaban J connectivity index is 2.45. The highest BCUT2D eigenvalue weighted by Gasteiger charge is 2.19. The lowest BCUT2D eigenvalue weighted by Crippen LogP contribution is -2.44. The van der Waals surface area contributed by atoms with Crippen molar-refractivity contribution in [1.82, 2.24) is 4.90 Å². The molecule has 16 heavy (non-hydrogen) atoms. The Morgan fingerprint density at radius 2 is 2.44 bits per heavy atom. The largest absolute Gasteiger partial charge is 0.394 e. The molecule has 0 amide bonds. The summed E-state index contributed by atoms with van der Waals surface area (Å²) in [5.74, 6) is 0. The summed E-state index contributed by atoms with van der Waals surface area (Å²) in [5.41, 5.74) is 1.26. The molecule has 1 aliphatic heterocycles. The first-order chi connectivity index (χ1) is 7.80. The Kier molecular flexibility index (Phi) is 6.08. The van der Waals surface area contributed by atoms with Crippen LogP contribution >= 0.6 is 0 Å². The van der Waals surface area contributed by atoms with Gasteiger partial charge in [0.2, 0.25) is 0 Å². The van der Waals surface area contributed by atoms with Crippen LogP contribution in [0.1, 0.15) is 6.92 Å². The summed E-state index contributed by atoms with van der Waals surface area (Å²) in [6.45, 7) is 9.13. The van der Waals surface area contributed by atoms with E-state index in [1.165, 1.54) is 5.57 Å². The van der Waals surface area contributed by atoms with Crippen molar-refractivity contribution in [3.8, 4) is 0 Å². The van der Waals surface area contributed by atoms with Gasteiger partial charge >= 0.3 is 0 Å². The molecule has 90 valence electrons. The zero-order valence-electron chi connectivity index (χ0n) is 9.93. The molecule has 0 unspecified atom stereocenters. The average molecular weight is 223 g/mol. The fourth-order valence-electron chi connectivity index (χ4n) is 1.72. The third-order valence-corrected chi connectivity index (χ3v) is 2.65. The Morgan fingerprint density at radius 1 is 1.62 bits per heavy atom. The van der Waals surface area contributed by atoms with Crippen LogP contribution in [-0.2, 0) is 4.74 Å². The van der Waals surface area contributed by atoms with Gasteiger partial charge in [-0.25, -0.2) is 0 Å². The maximum Gasteiger partial charge on any atom is 0.0933 e. The summed E-state index contributed by atoms with van der Waals surface area (Å²) in [6, 6.07) is 0. The van der Waals surface area contributed by atoms with E-state index in [0.29, 0.717) is 6.61 Å². The molecule has 0 aromatic rings. The van der Waals surface area contributed by atoms with Gasteiger partial charge in [-0.15, -0.1) is 0 Å². The molecule has 1 heterocycles. The van der Waals surface area contributed by atoms with Crippen LogP contribution in [0.3, 0.4) is 0 Å². The highest BCUT2D eigenvalue weighted by molar-refractivity contribution is 5.22. The Hall–Kier alpha value is -0.900. The quantitative estimate of drug-likeness (QED) is 0.714. The molecule has 0 aromatic carbocycles. The molecule has 0 aromatic heterocycles. The standard InChI is InChI=1S/C13H21NO2/c1-3-5-6-12(4-2)9-14-7-8-16-13(10-14)11-15/h3-6,13,15H,1,7-11H2,2H3/b6-5-,12-4+/t13-/m0/s1. The number of hydrogen-bond donors (Lipinski definition) is 1. The van der Waals surface area contributed by atoms with Crippen LogP contribution in [0.2, 0.25) is 0 Å². The molecule has 3 heteroatoms. The summed E-state index contributed by atoms with van der Waals surface area (Å²) in [4.78, 5) is 2.30. The van der Waals surface area contributed by atoms with Crippen molar-refractivity contribution < 1.29 is 9.84 Å². The van der Waals surface area contributed by atoms with Crippen LogP contribution in [-0.4, -0.2) is 49.0 Å². The molecular formula is C13H21NO2. The zero-order valence-corrected chi connectivity index (χ0v) is 9.93. The van der Waals surface area contributed by atoms with E-state index in [9.17, 15) is 0 Å². The van der Waals surface area contributed by atoms with Gasteiger partial charge in [0.1, 0.15) is 0 Å². The lowest BCUT2D eigenvalue weighted by atomic mass is 10.2. The van der Waals surface area contributed by atoms with E-state index in [0.717, 1.165) is 19.6 Å². The number of morpholine rings is 1. The highest BCUT2D eigenvalue weighted by Crippen LogP contribution is 2.08. The minimum Gasteiger partial charge on any atom is -0.394 e. The van der Waals surface area contributed by atoms with Gasteiger partial charge in [-0.1, -0.05) is 30.9 Å². The van der Waals surface area contributed by atoms with Crippen molar-refractivity contribution >= 4 is 0 Å². The number of aliphatic hydroxyl groups is 1. The third-order valence-electron chi connectivity index (χ3n) is 2.65. The molecule has 1 saturated heterocycles. The lowest BCUT2D eigenvalue weighted by Gasteiger charge is -2.32. The van der Waals surface area contributed by atoms with Gasteiger partial charge in [0.25, 0.3) is 0 Å². The number of allylic oxidation sites excluding steroid dienone is 3. The molecule has 3 nitrogen and oxygen atoms in total. The van der Waals surface area contributed by atoms with Crippen LogP contribution in [0.4, 0.5) is 0 Å². The highest BCUT2D eigenvalue weighted by atomic mass is 16.5. The molecule has 1 aliphatic rings. The van der Waals surface area contributed by atoms with E-state index in [4.69, 9.17) is 9.84 Å². The van der Waals surface area contributed by atoms with Crippen LogP contribution in [0.15, 0.2) is 36.5 Å². The van der Waals surface area contributed by atoms with Crippen LogP contribution < -0.4 is 0 Å². The van der Waals surface area contributed by atoms with Gasteiger partial charge in [0, 0.05) is 19.6 Å². The molecule has 1 fully saturated rings. The summed E-state index contributed by atoms with van der Waals surface area (Å²) < 4.78 is 5.41. The number of nitrogens with zero attached hydrogens (tertiary/aromatic N) is 1. The summed E-state index contributed by atoms with van der Waals surface area (Å²) >= 11 is 0. The SMILES string of the molecule is C=C/C=C\C(=C/C)CN1CCO[C@H](CO)C1. The van der Waals surface area contributed by atoms with Gasteiger partial charge in [0.15, 0.2) is 0 Å². The van der Waals surface area contributed by atoms with E-state index in [1.807, 2.05) is 13.0 Å². The number of rotatable bonds is 5. The monoisotopic (exact) mass is 223 g/mol. The predicted molar refractivity (Wildman–Crippen MR) is 66.4 cm³/mol. The minimum absolute atomic E-state index is 0.0322. The maximum absolute atomic E-state index is 9.05. The summed E-state index contributed by atoms with van der Waals surface area (Å²) in [7, 11) is 0. The second kappa shape index (κ2) is 7.39. The molecule has 1 atom stereocenters.